The molecule has 1 fully saturated rings. The van der Waals surface area contributed by atoms with Crippen molar-refractivity contribution < 1.29 is 4.74 Å². The van der Waals surface area contributed by atoms with Crippen molar-refractivity contribution in [1.82, 2.24) is 19.9 Å². The molecule has 0 amide bonds. The molecule has 17 heavy (non-hydrogen) atoms. The van der Waals surface area contributed by atoms with Crippen LogP contribution in [0, 0.1) is 0 Å². The molecule has 6 heteroatoms. The number of hydrogen-bond donors (Lipinski definition) is 0. The zero-order chi connectivity index (χ0) is 12.3. The molecule has 1 aromatic rings. The molecule has 96 valence electrons. The Kier molecular flexibility index (Phi) is 4.53. The standard InChI is InChI=1S/C11H19BrN4O/c1-3-10(12)11-8-16(14-13-11)7-9-6-15(2)4-5-17-9/h8-10H,3-7H2,1-2H3. The molecular weight excluding hydrogens is 284 g/mol. The van der Waals surface area contributed by atoms with Crippen molar-refractivity contribution in [3.63, 3.8) is 0 Å². The highest BCUT2D eigenvalue weighted by atomic mass is 79.9. The number of halogens is 1. The summed E-state index contributed by atoms with van der Waals surface area (Å²) in [6, 6.07) is 0. The van der Waals surface area contributed by atoms with Crippen molar-refractivity contribution in [2.45, 2.75) is 30.8 Å². The molecule has 2 rings (SSSR count). The Hall–Kier alpha value is -0.460. The first kappa shape index (κ1) is 13.0. The van der Waals surface area contributed by atoms with E-state index >= 15 is 0 Å². The van der Waals surface area contributed by atoms with Crippen LogP contribution in [0.4, 0.5) is 0 Å². The summed E-state index contributed by atoms with van der Waals surface area (Å²) in [4.78, 5) is 2.58. The molecule has 1 aliphatic rings. The highest BCUT2D eigenvalue weighted by molar-refractivity contribution is 9.09. The van der Waals surface area contributed by atoms with E-state index in [9.17, 15) is 0 Å². The summed E-state index contributed by atoms with van der Waals surface area (Å²) < 4.78 is 7.58. The van der Waals surface area contributed by atoms with Gasteiger partial charge in [0.2, 0.25) is 0 Å². The maximum absolute atomic E-state index is 5.71. The number of rotatable bonds is 4. The van der Waals surface area contributed by atoms with Gasteiger partial charge in [-0.15, -0.1) is 5.10 Å². The van der Waals surface area contributed by atoms with Crippen LogP contribution in [0.2, 0.25) is 0 Å². The van der Waals surface area contributed by atoms with Gasteiger partial charge in [0.05, 0.1) is 29.8 Å². The first-order valence-corrected chi connectivity index (χ1v) is 6.95. The van der Waals surface area contributed by atoms with Gasteiger partial charge < -0.3 is 9.64 Å². The van der Waals surface area contributed by atoms with Gasteiger partial charge in [-0.1, -0.05) is 28.1 Å². The number of alkyl halides is 1. The van der Waals surface area contributed by atoms with Gasteiger partial charge in [0.25, 0.3) is 0 Å². The van der Waals surface area contributed by atoms with Crippen LogP contribution in [0.5, 0.6) is 0 Å². The van der Waals surface area contributed by atoms with Gasteiger partial charge >= 0.3 is 0 Å². The average Bonchev–Trinajstić information content (AvgIpc) is 2.76. The van der Waals surface area contributed by atoms with Crippen LogP contribution in [0.1, 0.15) is 23.9 Å². The predicted molar refractivity (Wildman–Crippen MR) is 69.2 cm³/mol. The minimum Gasteiger partial charge on any atom is -0.374 e. The minimum atomic E-state index is 0.221. The second-order valence-corrected chi connectivity index (χ2v) is 5.60. The molecule has 0 aliphatic carbocycles. The molecule has 0 spiro atoms. The summed E-state index contributed by atoms with van der Waals surface area (Å²) in [6.45, 7) is 5.68. The van der Waals surface area contributed by atoms with Gasteiger partial charge in [0, 0.05) is 19.3 Å². The molecule has 2 atom stereocenters. The molecule has 0 aromatic carbocycles. The van der Waals surface area contributed by atoms with E-state index in [0.29, 0.717) is 4.83 Å². The Bertz CT molecular complexity index is 357. The maximum Gasteiger partial charge on any atom is 0.0963 e. The number of nitrogens with zero attached hydrogens (tertiary/aromatic N) is 4. The quantitative estimate of drug-likeness (QED) is 0.790. The molecule has 0 bridgehead atoms. The number of hydrogen-bond acceptors (Lipinski definition) is 4. The first-order valence-electron chi connectivity index (χ1n) is 6.03. The molecule has 5 nitrogen and oxygen atoms in total. The van der Waals surface area contributed by atoms with Crippen LogP contribution in [-0.2, 0) is 11.3 Å². The van der Waals surface area contributed by atoms with Crippen LogP contribution < -0.4 is 0 Å². The van der Waals surface area contributed by atoms with Crippen molar-refractivity contribution in [3.8, 4) is 0 Å². The summed E-state index contributed by atoms with van der Waals surface area (Å²) in [5, 5.41) is 8.31. The molecule has 1 saturated heterocycles. The monoisotopic (exact) mass is 302 g/mol. The van der Waals surface area contributed by atoms with Crippen molar-refractivity contribution in [2.75, 3.05) is 26.7 Å². The van der Waals surface area contributed by atoms with E-state index in [4.69, 9.17) is 4.74 Å². The Morgan fingerprint density at radius 2 is 2.47 bits per heavy atom. The normalized spacial score (nSPS) is 23.8. The molecule has 1 aliphatic heterocycles. The average molecular weight is 303 g/mol. The first-order chi connectivity index (χ1) is 8.19. The van der Waals surface area contributed by atoms with E-state index in [1.54, 1.807) is 0 Å². The topological polar surface area (TPSA) is 43.2 Å². The van der Waals surface area contributed by atoms with E-state index in [2.05, 4.69) is 45.1 Å². The Morgan fingerprint density at radius 1 is 1.65 bits per heavy atom. The Labute approximate surface area is 110 Å². The molecule has 0 N–H and O–H groups in total. The third-order valence-corrected chi connectivity index (χ3v) is 4.08. The van der Waals surface area contributed by atoms with Gasteiger partial charge in [-0.2, -0.15) is 0 Å². The van der Waals surface area contributed by atoms with E-state index in [-0.39, 0.29) is 6.10 Å². The zero-order valence-corrected chi connectivity index (χ0v) is 11.9. The lowest BCUT2D eigenvalue weighted by Crippen LogP contribution is -2.42. The Balaban J connectivity index is 1.92. The fourth-order valence-corrected chi connectivity index (χ4v) is 2.15. The lowest BCUT2D eigenvalue weighted by molar-refractivity contribution is -0.0292. The molecule has 1 aromatic heterocycles. The predicted octanol–water partition coefficient (Wildman–Crippen LogP) is 1.45. The summed E-state index contributed by atoms with van der Waals surface area (Å²) in [6.07, 6.45) is 3.24. The number of likely N-dealkylation sites (N-methyl/N-ethyl adjacent to an activating group) is 1. The smallest absolute Gasteiger partial charge is 0.0963 e. The minimum absolute atomic E-state index is 0.221. The van der Waals surface area contributed by atoms with Crippen LogP contribution in [0.15, 0.2) is 6.20 Å². The molecule has 0 saturated carbocycles. The van der Waals surface area contributed by atoms with Crippen LogP contribution in [0.25, 0.3) is 0 Å². The van der Waals surface area contributed by atoms with E-state index in [1.807, 2.05) is 10.9 Å². The zero-order valence-electron chi connectivity index (χ0n) is 10.3. The summed E-state index contributed by atoms with van der Waals surface area (Å²) >= 11 is 3.58. The molecule has 0 radical (unpaired) electrons. The largest absolute Gasteiger partial charge is 0.374 e. The van der Waals surface area contributed by atoms with Gasteiger partial charge in [0.15, 0.2) is 0 Å². The second-order valence-electron chi connectivity index (χ2n) is 4.50. The number of morpholine rings is 1. The van der Waals surface area contributed by atoms with E-state index in [0.717, 1.165) is 38.4 Å². The van der Waals surface area contributed by atoms with Crippen molar-refractivity contribution in [1.29, 1.82) is 0 Å². The van der Waals surface area contributed by atoms with E-state index in [1.165, 1.54) is 0 Å². The molecule has 2 unspecified atom stereocenters. The Morgan fingerprint density at radius 3 is 3.18 bits per heavy atom. The summed E-state index contributed by atoms with van der Waals surface area (Å²) in [7, 11) is 2.12. The fourth-order valence-electron chi connectivity index (χ4n) is 1.94. The maximum atomic E-state index is 5.71. The fraction of sp³-hybridized carbons (Fsp3) is 0.818. The third kappa shape index (κ3) is 3.50. The summed E-state index contributed by atoms with van der Waals surface area (Å²) in [5.74, 6) is 0. The highest BCUT2D eigenvalue weighted by Crippen LogP contribution is 2.23. The lowest BCUT2D eigenvalue weighted by Gasteiger charge is -2.29. The van der Waals surface area contributed by atoms with Gasteiger partial charge in [-0.05, 0) is 13.5 Å². The molecular formula is C11H19BrN4O. The summed E-state index contributed by atoms with van der Waals surface area (Å²) in [5.41, 5.74) is 0.997. The van der Waals surface area contributed by atoms with Crippen LogP contribution in [-0.4, -0.2) is 52.7 Å². The van der Waals surface area contributed by atoms with Crippen molar-refractivity contribution in [3.05, 3.63) is 11.9 Å². The van der Waals surface area contributed by atoms with Gasteiger partial charge in [-0.25, -0.2) is 4.68 Å². The molecule has 2 heterocycles. The van der Waals surface area contributed by atoms with Crippen LogP contribution in [0.3, 0.4) is 0 Å². The van der Waals surface area contributed by atoms with Crippen LogP contribution >= 0.6 is 15.9 Å². The van der Waals surface area contributed by atoms with E-state index < -0.39 is 0 Å². The third-order valence-electron chi connectivity index (χ3n) is 2.97. The number of aromatic nitrogens is 3. The lowest BCUT2D eigenvalue weighted by atomic mass is 10.2. The van der Waals surface area contributed by atoms with Crippen molar-refractivity contribution >= 4 is 15.9 Å². The van der Waals surface area contributed by atoms with Gasteiger partial charge in [0.1, 0.15) is 0 Å². The SMILES string of the molecule is CCC(Br)c1cn(CC2CN(C)CCO2)nn1. The number of ether oxygens (including phenoxy) is 1. The second kappa shape index (κ2) is 5.93. The van der Waals surface area contributed by atoms with Gasteiger partial charge in [-0.3, -0.25) is 0 Å². The highest BCUT2D eigenvalue weighted by Gasteiger charge is 2.19. The van der Waals surface area contributed by atoms with Crippen molar-refractivity contribution in [2.24, 2.45) is 0 Å².